The van der Waals surface area contributed by atoms with Crippen molar-refractivity contribution in [2.24, 2.45) is 46.3 Å². The van der Waals surface area contributed by atoms with Gasteiger partial charge in [-0.1, -0.05) is 46.3 Å². The van der Waals surface area contributed by atoms with E-state index in [2.05, 4.69) is 52.9 Å². The van der Waals surface area contributed by atoms with Gasteiger partial charge in [-0.25, -0.2) is 0 Å². The summed E-state index contributed by atoms with van der Waals surface area (Å²) < 4.78 is 12.7. The third-order valence-corrected chi connectivity index (χ3v) is 12.1. The van der Waals surface area contributed by atoms with E-state index in [-0.39, 0.29) is 23.4 Å². The lowest BCUT2D eigenvalue weighted by Gasteiger charge is -2.58. The van der Waals surface area contributed by atoms with Crippen molar-refractivity contribution in [3.63, 3.8) is 0 Å². The molecule has 5 nitrogen and oxygen atoms in total. The number of fused-ring (bicyclic) bond motifs is 7. The van der Waals surface area contributed by atoms with Crippen LogP contribution >= 0.6 is 0 Å². The van der Waals surface area contributed by atoms with E-state index >= 15 is 0 Å². The number of esters is 1. The summed E-state index contributed by atoms with van der Waals surface area (Å²) in [5.74, 6) is 5.02. The Hall–Kier alpha value is -1.78. The van der Waals surface area contributed by atoms with Crippen LogP contribution in [-0.2, 0) is 19.1 Å². The maximum absolute atomic E-state index is 12.4. The standard InChI is InChI=1S/C35H55NO4/c1-21(2)8-13-32(38)39-26-14-16-34(6)25(18-26)10-11-27-28(34)15-17-35(7)29(27)19-31-33(35)23(4)30(40-31)12-9-22(3)20-36-24(5)37/h10,21-22,26-29,31,33H,8-9,11-20H2,1-7H3,(H,36,37)/t22-,26-,27-,28+,29-,31+,33-,34+,35+/m1/s1. The minimum atomic E-state index is -0.00695. The largest absolute Gasteiger partial charge is 0.494 e. The summed E-state index contributed by atoms with van der Waals surface area (Å²) in [5, 5.41) is 2.96. The third kappa shape index (κ3) is 5.52. The van der Waals surface area contributed by atoms with E-state index in [1.807, 2.05) is 0 Å². The van der Waals surface area contributed by atoms with Gasteiger partial charge in [0.15, 0.2) is 0 Å². The first-order chi connectivity index (χ1) is 18.9. The van der Waals surface area contributed by atoms with Crippen LogP contribution in [0.5, 0.6) is 0 Å². The molecule has 1 heterocycles. The Morgan fingerprint density at radius 3 is 2.62 bits per heavy atom. The van der Waals surface area contributed by atoms with Crippen LogP contribution in [-0.4, -0.2) is 30.6 Å². The first kappa shape index (κ1) is 29.7. The van der Waals surface area contributed by atoms with Gasteiger partial charge in [0.05, 0.1) is 5.76 Å². The number of amides is 1. The molecule has 1 aliphatic heterocycles. The number of rotatable bonds is 9. The Morgan fingerprint density at radius 1 is 1.12 bits per heavy atom. The second kappa shape index (κ2) is 11.5. The molecule has 5 aliphatic rings. The van der Waals surface area contributed by atoms with Crippen LogP contribution in [0.1, 0.15) is 119 Å². The molecule has 0 aromatic rings. The fraction of sp³-hybridized carbons (Fsp3) is 0.829. The molecular formula is C35H55NO4. The Labute approximate surface area is 243 Å². The van der Waals surface area contributed by atoms with E-state index in [9.17, 15) is 9.59 Å². The Morgan fingerprint density at radius 2 is 1.90 bits per heavy atom. The lowest BCUT2D eigenvalue weighted by Crippen LogP contribution is -2.50. The summed E-state index contributed by atoms with van der Waals surface area (Å²) in [6.07, 6.45) is 14.5. The summed E-state index contributed by atoms with van der Waals surface area (Å²) in [7, 11) is 0. The van der Waals surface area contributed by atoms with Gasteiger partial charge in [-0.2, -0.15) is 0 Å². The van der Waals surface area contributed by atoms with Gasteiger partial charge in [0.1, 0.15) is 12.2 Å². The molecule has 0 aromatic carbocycles. The predicted molar refractivity (Wildman–Crippen MR) is 159 cm³/mol. The smallest absolute Gasteiger partial charge is 0.306 e. The number of carbonyl (C=O) groups is 2. The topological polar surface area (TPSA) is 64.6 Å². The molecule has 3 fully saturated rings. The number of ether oxygens (including phenoxy) is 2. The molecule has 0 bridgehead atoms. The first-order valence-electron chi connectivity index (χ1n) is 16.4. The molecule has 0 aromatic heterocycles. The van der Waals surface area contributed by atoms with Crippen LogP contribution in [0.4, 0.5) is 0 Å². The van der Waals surface area contributed by atoms with E-state index in [0.717, 1.165) is 62.8 Å². The van der Waals surface area contributed by atoms with Crippen molar-refractivity contribution in [3.8, 4) is 0 Å². The number of hydrogen-bond acceptors (Lipinski definition) is 4. The van der Waals surface area contributed by atoms with Gasteiger partial charge in [-0.15, -0.1) is 0 Å². The van der Waals surface area contributed by atoms with Crippen LogP contribution in [0.15, 0.2) is 23.0 Å². The molecule has 40 heavy (non-hydrogen) atoms. The van der Waals surface area contributed by atoms with Crippen molar-refractivity contribution in [2.75, 3.05) is 6.54 Å². The zero-order chi connectivity index (χ0) is 28.8. The summed E-state index contributed by atoms with van der Waals surface area (Å²) in [5.41, 5.74) is 3.67. The number of allylic oxidation sites excluding steroid dienone is 2. The second-order valence-electron chi connectivity index (χ2n) is 15.1. The molecule has 0 saturated heterocycles. The molecule has 0 unspecified atom stereocenters. The molecule has 4 aliphatic carbocycles. The molecule has 9 atom stereocenters. The maximum Gasteiger partial charge on any atom is 0.306 e. The summed E-state index contributed by atoms with van der Waals surface area (Å²) in [4.78, 5) is 23.7. The molecule has 0 spiro atoms. The SMILES string of the molecule is CC(=O)NC[C@H](C)CCC1=C(C)[C@@H]2[C@H](C[C@@H]3[C@@H]4CC=C5C[C@H](OC(=O)CCC(C)C)CC[C@]5(C)[C@H]4CC[C@@]32C)O1. The lowest BCUT2D eigenvalue weighted by atomic mass is 9.47. The number of hydrogen-bond donors (Lipinski definition) is 1. The monoisotopic (exact) mass is 553 g/mol. The first-order valence-corrected chi connectivity index (χ1v) is 16.4. The average Bonchev–Trinajstić information content (AvgIpc) is 3.38. The van der Waals surface area contributed by atoms with Crippen LogP contribution in [0.2, 0.25) is 0 Å². The minimum Gasteiger partial charge on any atom is -0.494 e. The Bertz CT molecular complexity index is 1040. The number of carbonyl (C=O) groups excluding carboxylic acids is 2. The van der Waals surface area contributed by atoms with Gasteiger partial charge in [0, 0.05) is 38.6 Å². The molecule has 1 amide bonds. The minimum absolute atomic E-state index is 0.00695. The predicted octanol–water partition coefficient (Wildman–Crippen LogP) is 7.75. The van der Waals surface area contributed by atoms with Crippen LogP contribution < -0.4 is 5.32 Å². The summed E-state index contributed by atoms with van der Waals surface area (Å²) in [6, 6.07) is 0. The Balaban J connectivity index is 1.23. The van der Waals surface area contributed by atoms with Gasteiger partial charge in [0.2, 0.25) is 5.91 Å². The van der Waals surface area contributed by atoms with Crippen LogP contribution in [0.25, 0.3) is 0 Å². The molecule has 5 heteroatoms. The maximum atomic E-state index is 12.4. The van der Waals surface area contributed by atoms with E-state index in [4.69, 9.17) is 9.47 Å². The number of nitrogens with one attached hydrogen (secondary N) is 1. The summed E-state index contributed by atoms with van der Waals surface area (Å²) >= 11 is 0. The third-order valence-electron chi connectivity index (χ3n) is 12.1. The molecular weight excluding hydrogens is 498 g/mol. The van der Waals surface area contributed by atoms with Gasteiger partial charge >= 0.3 is 5.97 Å². The highest BCUT2D eigenvalue weighted by atomic mass is 16.5. The van der Waals surface area contributed by atoms with Crippen LogP contribution in [0, 0.1) is 46.3 Å². The van der Waals surface area contributed by atoms with Gasteiger partial charge in [-0.3, -0.25) is 9.59 Å². The van der Waals surface area contributed by atoms with E-state index < -0.39 is 0 Å². The van der Waals surface area contributed by atoms with Crippen molar-refractivity contribution >= 4 is 11.9 Å². The normalized spacial score (nSPS) is 39.0. The molecule has 224 valence electrons. The fourth-order valence-electron chi connectivity index (χ4n) is 9.76. The van der Waals surface area contributed by atoms with Crippen molar-refractivity contribution in [1.82, 2.24) is 5.32 Å². The van der Waals surface area contributed by atoms with E-state index in [1.54, 1.807) is 12.5 Å². The van der Waals surface area contributed by atoms with Gasteiger partial charge in [0.25, 0.3) is 0 Å². The lowest BCUT2D eigenvalue weighted by molar-refractivity contribution is -0.151. The molecule has 5 rings (SSSR count). The molecule has 1 N–H and O–H groups in total. The summed E-state index contributed by atoms with van der Waals surface area (Å²) in [6.45, 7) is 16.3. The highest BCUT2D eigenvalue weighted by Crippen LogP contribution is 2.69. The fourth-order valence-corrected chi connectivity index (χ4v) is 9.76. The quantitative estimate of drug-likeness (QED) is 0.234. The van der Waals surface area contributed by atoms with E-state index in [1.165, 1.54) is 37.0 Å². The van der Waals surface area contributed by atoms with Crippen molar-refractivity contribution in [2.45, 2.75) is 131 Å². The van der Waals surface area contributed by atoms with Gasteiger partial charge < -0.3 is 14.8 Å². The highest BCUT2D eigenvalue weighted by Gasteiger charge is 2.63. The van der Waals surface area contributed by atoms with Gasteiger partial charge in [-0.05, 0) is 104 Å². The zero-order valence-corrected chi connectivity index (χ0v) is 26.3. The average molecular weight is 554 g/mol. The van der Waals surface area contributed by atoms with Crippen LogP contribution in [0.3, 0.4) is 0 Å². The molecule has 0 radical (unpaired) electrons. The zero-order valence-electron chi connectivity index (χ0n) is 26.3. The van der Waals surface area contributed by atoms with Crippen molar-refractivity contribution < 1.29 is 19.1 Å². The molecule has 3 saturated carbocycles. The van der Waals surface area contributed by atoms with E-state index in [0.29, 0.717) is 35.7 Å². The Kier molecular flexibility index (Phi) is 8.52. The highest BCUT2D eigenvalue weighted by molar-refractivity contribution is 5.72. The van der Waals surface area contributed by atoms with Crippen molar-refractivity contribution in [3.05, 3.63) is 23.0 Å². The second-order valence-corrected chi connectivity index (χ2v) is 15.1. The van der Waals surface area contributed by atoms with Crippen molar-refractivity contribution in [1.29, 1.82) is 0 Å².